The molecule has 1 aliphatic heterocycles. The summed E-state index contributed by atoms with van der Waals surface area (Å²) in [6.07, 6.45) is 2.49. The van der Waals surface area contributed by atoms with Gasteiger partial charge < -0.3 is 4.90 Å². The summed E-state index contributed by atoms with van der Waals surface area (Å²) in [7, 11) is 0. The van der Waals surface area contributed by atoms with Crippen LogP contribution in [0.1, 0.15) is 26.5 Å². The molecule has 2 aromatic heterocycles. The van der Waals surface area contributed by atoms with E-state index in [-0.39, 0.29) is 5.91 Å². The lowest BCUT2D eigenvalue weighted by Crippen LogP contribution is -2.36. The molecule has 0 atom stereocenters. The Morgan fingerprint density at radius 1 is 1.29 bits per heavy atom. The zero-order chi connectivity index (χ0) is 16.5. The zero-order valence-corrected chi connectivity index (χ0v) is 14.4. The van der Waals surface area contributed by atoms with Gasteiger partial charge in [0, 0.05) is 23.0 Å². The predicted molar refractivity (Wildman–Crippen MR) is 93.3 cm³/mol. The van der Waals surface area contributed by atoms with E-state index in [2.05, 4.69) is 10.3 Å². The molecule has 0 N–H and O–H groups in total. The maximum absolute atomic E-state index is 12.7. The van der Waals surface area contributed by atoms with Crippen LogP contribution in [0.3, 0.4) is 0 Å². The molecule has 5 nitrogen and oxygen atoms in total. The van der Waals surface area contributed by atoms with Crippen molar-refractivity contribution in [2.45, 2.75) is 19.5 Å². The Kier molecular flexibility index (Phi) is 4.08. The third kappa shape index (κ3) is 2.95. The molecule has 3 heterocycles. The Hall–Kier alpha value is -2.18. The van der Waals surface area contributed by atoms with Crippen molar-refractivity contribution in [3.8, 4) is 0 Å². The highest BCUT2D eigenvalue weighted by molar-refractivity contribution is 7.09. The second-order valence-corrected chi connectivity index (χ2v) is 7.17. The van der Waals surface area contributed by atoms with Crippen LogP contribution >= 0.6 is 22.9 Å². The average Bonchev–Trinajstić information content (AvgIpc) is 3.26. The normalized spacial score (nSPS) is 13.8. The van der Waals surface area contributed by atoms with Crippen molar-refractivity contribution in [1.29, 1.82) is 0 Å². The van der Waals surface area contributed by atoms with Gasteiger partial charge in [-0.1, -0.05) is 35.0 Å². The number of carbonyl (C=O) groups excluding carboxylic acids is 1. The standard InChI is InChI=1S/C17H15ClN4OS/c18-15-5-1-3-12-9-21(7-6-14(12)15)17(23)16-11-22(20-19-16)10-13-4-2-8-24-13/h1-5,8,11H,6-7,9-10H2. The van der Waals surface area contributed by atoms with Crippen LogP contribution in [0, 0.1) is 0 Å². The number of thiophene rings is 1. The number of halogens is 1. The van der Waals surface area contributed by atoms with Gasteiger partial charge in [0.25, 0.3) is 5.91 Å². The number of carbonyl (C=O) groups is 1. The number of nitrogens with zero attached hydrogens (tertiary/aromatic N) is 4. The number of amides is 1. The van der Waals surface area contributed by atoms with Crippen molar-refractivity contribution in [3.63, 3.8) is 0 Å². The first-order chi connectivity index (χ1) is 11.7. The maximum Gasteiger partial charge on any atom is 0.276 e. The summed E-state index contributed by atoms with van der Waals surface area (Å²) in [4.78, 5) is 15.7. The van der Waals surface area contributed by atoms with E-state index >= 15 is 0 Å². The monoisotopic (exact) mass is 358 g/mol. The largest absolute Gasteiger partial charge is 0.333 e. The first kappa shape index (κ1) is 15.4. The van der Waals surface area contributed by atoms with Gasteiger partial charge in [0.15, 0.2) is 5.69 Å². The molecule has 1 amide bonds. The number of rotatable bonds is 3. The highest BCUT2D eigenvalue weighted by Crippen LogP contribution is 2.26. The summed E-state index contributed by atoms with van der Waals surface area (Å²) in [5.74, 6) is -0.0851. The van der Waals surface area contributed by atoms with Crippen LogP contribution in [0.25, 0.3) is 0 Å². The third-order valence-corrected chi connectivity index (χ3v) is 5.37. The Balaban J connectivity index is 1.49. The maximum atomic E-state index is 12.7. The Morgan fingerprint density at radius 3 is 3.04 bits per heavy atom. The quantitative estimate of drug-likeness (QED) is 0.722. The van der Waals surface area contributed by atoms with Gasteiger partial charge in [-0.3, -0.25) is 4.79 Å². The minimum atomic E-state index is -0.0851. The van der Waals surface area contributed by atoms with E-state index in [0.717, 1.165) is 22.6 Å². The summed E-state index contributed by atoms with van der Waals surface area (Å²) in [6, 6.07) is 9.88. The second kappa shape index (κ2) is 6.37. The highest BCUT2D eigenvalue weighted by Gasteiger charge is 2.24. The fourth-order valence-corrected chi connectivity index (χ4v) is 3.92. The van der Waals surface area contributed by atoms with Crippen LogP contribution in [-0.2, 0) is 19.5 Å². The van der Waals surface area contributed by atoms with Gasteiger partial charge in [-0.25, -0.2) is 4.68 Å². The lowest BCUT2D eigenvalue weighted by atomic mass is 9.99. The van der Waals surface area contributed by atoms with Crippen LogP contribution in [0.4, 0.5) is 0 Å². The molecule has 7 heteroatoms. The smallest absolute Gasteiger partial charge is 0.276 e. The predicted octanol–water partition coefficient (Wildman–Crippen LogP) is 3.24. The first-order valence-corrected chi connectivity index (χ1v) is 8.94. The van der Waals surface area contributed by atoms with Gasteiger partial charge in [0.05, 0.1) is 12.7 Å². The number of benzene rings is 1. The first-order valence-electron chi connectivity index (χ1n) is 7.69. The number of aromatic nitrogens is 3. The molecule has 0 unspecified atom stereocenters. The fourth-order valence-electron chi connectivity index (χ4n) is 2.93. The molecule has 1 aliphatic rings. The van der Waals surface area contributed by atoms with Gasteiger partial charge in [-0.05, 0) is 35.1 Å². The van der Waals surface area contributed by atoms with Crippen molar-refractivity contribution in [3.05, 3.63) is 68.6 Å². The molecular weight excluding hydrogens is 344 g/mol. The van der Waals surface area contributed by atoms with Crippen LogP contribution in [-0.4, -0.2) is 32.3 Å². The van der Waals surface area contributed by atoms with E-state index in [1.807, 2.05) is 35.7 Å². The molecule has 0 saturated heterocycles. The van der Waals surface area contributed by atoms with Crippen molar-refractivity contribution < 1.29 is 4.79 Å². The van der Waals surface area contributed by atoms with Crippen LogP contribution in [0.15, 0.2) is 41.9 Å². The zero-order valence-electron chi connectivity index (χ0n) is 12.9. The van der Waals surface area contributed by atoms with Crippen molar-refractivity contribution in [2.75, 3.05) is 6.54 Å². The minimum Gasteiger partial charge on any atom is -0.333 e. The van der Waals surface area contributed by atoms with E-state index in [0.29, 0.717) is 25.3 Å². The molecule has 0 radical (unpaired) electrons. The number of fused-ring (bicyclic) bond motifs is 1. The van der Waals surface area contributed by atoms with Crippen molar-refractivity contribution in [1.82, 2.24) is 19.9 Å². The lowest BCUT2D eigenvalue weighted by molar-refractivity contribution is 0.0728. The average molecular weight is 359 g/mol. The van der Waals surface area contributed by atoms with Crippen molar-refractivity contribution >= 4 is 28.8 Å². The molecule has 4 rings (SSSR count). The van der Waals surface area contributed by atoms with Gasteiger partial charge in [-0.15, -0.1) is 16.4 Å². The molecule has 0 saturated carbocycles. The molecule has 0 fully saturated rings. The Morgan fingerprint density at radius 2 is 2.21 bits per heavy atom. The summed E-state index contributed by atoms with van der Waals surface area (Å²) in [5, 5.41) is 10.9. The highest BCUT2D eigenvalue weighted by atomic mass is 35.5. The van der Waals surface area contributed by atoms with Crippen LogP contribution < -0.4 is 0 Å². The molecule has 24 heavy (non-hydrogen) atoms. The second-order valence-electron chi connectivity index (χ2n) is 5.73. The molecule has 0 aliphatic carbocycles. The van der Waals surface area contributed by atoms with E-state index in [1.165, 1.54) is 4.88 Å². The number of hydrogen-bond acceptors (Lipinski definition) is 4. The molecule has 3 aromatic rings. The fraction of sp³-hybridized carbons (Fsp3) is 0.235. The lowest BCUT2D eigenvalue weighted by Gasteiger charge is -2.28. The molecule has 0 spiro atoms. The number of hydrogen-bond donors (Lipinski definition) is 0. The van der Waals surface area contributed by atoms with Gasteiger partial charge in [0.1, 0.15) is 0 Å². The van der Waals surface area contributed by atoms with Crippen molar-refractivity contribution in [2.24, 2.45) is 0 Å². The van der Waals surface area contributed by atoms with Crippen LogP contribution in [0.2, 0.25) is 5.02 Å². The summed E-state index contributed by atoms with van der Waals surface area (Å²) in [5.41, 5.74) is 2.63. The Labute approximate surface area is 148 Å². The Bertz CT molecular complexity index is 875. The van der Waals surface area contributed by atoms with Gasteiger partial charge in [0.2, 0.25) is 0 Å². The summed E-state index contributed by atoms with van der Waals surface area (Å²) >= 11 is 7.89. The van der Waals surface area contributed by atoms with Gasteiger partial charge in [-0.2, -0.15) is 0 Å². The SMILES string of the molecule is O=C(c1cn(Cc2cccs2)nn1)N1CCc2c(Cl)cccc2C1. The van der Waals surface area contributed by atoms with E-state index in [1.54, 1.807) is 27.1 Å². The molecule has 0 bridgehead atoms. The third-order valence-electron chi connectivity index (χ3n) is 4.15. The minimum absolute atomic E-state index is 0.0851. The molecule has 1 aromatic carbocycles. The molecular formula is C17H15ClN4OS. The van der Waals surface area contributed by atoms with E-state index < -0.39 is 0 Å². The summed E-state index contributed by atoms with van der Waals surface area (Å²) in [6.45, 7) is 1.84. The van der Waals surface area contributed by atoms with E-state index in [9.17, 15) is 4.79 Å². The van der Waals surface area contributed by atoms with Crippen LogP contribution in [0.5, 0.6) is 0 Å². The van der Waals surface area contributed by atoms with Gasteiger partial charge >= 0.3 is 0 Å². The topological polar surface area (TPSA) is 51.0 Å². The summed E-state index contributed by atoms with van der Waals surface area (Å²) < 4.78 is 1.70. The van der Waals surface area contributed by atoms with E-state index in [4.69, 9.17) is 11.6 Å². The molecule has 122 valence electrons.